The Balaban J connectivity index is 1.65. The molecule has 0 spiro atoms. The molecule has 1 aliphatic heterocycles. The van der Waals surface area contributed by atoms with Gasteiger partial charge in [-0.3, -0.25) is 4.79 Å². The fourth-order valence-corrected chi connectivity index (χ4v) is 3.52. The zero-order chi connectivity index (χ0) is 17.6. The predicted molar refractivity (Wildman–Crippen MR) is 100 cm³/mol. The molecule has 1 aliphatic rings. The lowest BCUT2D eigenvalue weighted by atomic mass is 10.1. The summed E-state index contributed by atoms with van der Waals surface area (Å²) in [5.41, 5.74) is 3.65. The van der Waals surface area contributed by atoms with Crippen LogP contribution in [0, 0.1) is 6.92 Å². The number of rotatable bonds is 5. The topological polar surface area (TPSA) is 42.8 Å². The van der Waals surface area contributed by atoms with Crippen molar-refractivity contribution in [2.75, 3.05) is 25.5 Å². The van der Waals surface area contributed by atoms with Crippen LogP contribution < -0.4 is 15.0 Å². The van der Waals surface area contributed by atoms with E-state index in [0.717, 1.165) is 17.8 Å². The average molecular weight is 339 g/mol. The number of amides is 1. The first kappa shape index (κ1) is 17.5. The first-order valence-corrected chi connectivity index (χ1v) is 9.05. The van der Waals surface area contributed by atoms with Crippen molar-refractivity contribution < 1.29 is 14.4 Å². The van der Waals surface area contributed by atoms with Gasteiger partial charge in [0, 0.05) is 11.3 Å². The Morgan fingerprint density at radius 1 is 1.08 bits per heavy atom. The first-order valence-electron chi connectivity index (χ1n) is 9.05. The van der Waals surface area contributed by atoms with Crippen LogP contribution in [0.25, 0.3) is 0 Å². The molecule has 4 nitrogen and oxygen atoms in total. The van der Waals surface area contributed by atoms with Crippen LogP contribution in [-0.2, 0) is 6.54 Å². The minimum Gasteiger partial charge on any atom is -0.496 e. The Morgan fingerprint density at radius 2 is 1.80 bits per heavy atom. The lowest BCUT2D eigenvalue weighted by Gasteiger charge is -2.23. The van der Waals surface area contributed by atoms with Gasteiger partial charge in [-0.05, 0) is 49.9 Å². The second-order valence-electron chi connectivity index (χ2n) is 6.79. The highest BCUT2D eigenvalue weighted by Crippen LogP contribution is 2.24. The number of para-hydroxylation sites is 1. The van der Waals surface area contributed by atoms with Crippen LogP contribution in [-0.4, -0.2) is 26.1 Å². The molecule has 1 heterocycles. The van der Waals surface area contributed by atoms with Crippen molar-refractivity contribution in [1.82, 2.24) is 0 Å². The normalized spacial score (nSPS) is 15.0. The van der Waals surface area contributed by atoms with Crippen LogP contribution in [0.1, 0.15) is 40.7 Å². The number of carbonyl (C=O) groups excluding carboxylic acids is 1. The number of likely N-dealkylation sites (tertiary alicyclic amines) is 1. The number of hydrogen-bond acceptors (Lipinski definition) is 2. The molecule has 1 amide bonds. The largest absolute Gasteiger partial charge is 0.496 e. The molecular weight excluding hydrogens is 312 g/mol. The fraction of sp³-hybridized carbons (Fsp3) is 0.381. The Labute approximate surface area is 149 Å². The predicted octanol–water partition coefficient (Wildman–Crippen LogP) is 2.82. The van der Waals surface area contributed by atoms with E-state index in [2.05, 4.69) is 17.4 Å². The summed E-state index contributed by atoms with van der Waals surface area (Å²) in [7, 11) is 1.59. The van der Waals surface area contributed by atoms with Crippen molar-refractivity contribution >= 4 is 11.6 Å². The number of carbonyl (C=O) groups is 1. The Bertz CT molecular complexity index is 719. The monoisotopic (exact) mass is 339 g/mol. The molecule has 0 aliphatic carbocycles. The quantitative estimate of drug-likeness (QED) is 0.880. The molecule has 0 atom stereocenters. The highest BCUT2D eigenvalue weighted by molar-refractivity contribution is 6.06. The highest BCUT2D eigenvalue weighted by Gasteiger charge is 2.15. The number of quaternary nitrogens is 1. The molecule has 1 fully saturated rings. The number of ether oxygens (including phenoxy) is 1. The van der Waals surface area contributed by atoms with E-state index in [1.807, 2.05) is 31.2 Å². The van der Waals surface area contributed by atoms with Gasteiger partial charge >= 0.3 is 0 Å². The molecule has 0 bridgehead atoms. The summed E-state index contributed by atoms with van der Waals surface area (Å²) >= 11 is 0. The van der Waals surface area contributed by atoms with Gasteiger partial charge in [-0.2, -0.15) is 0 Å². The second kappa shape index (κ2) is 8.17. The van der Waals surface area contributed by atoms with Gasteiger partial charge in [-0.1, -0.05) is 24.3 Å². The van der Waals surface area contributed by atoms with Gasteiger partial charge < -0.3 is 15.0 Å². The molecule has 3 rings (SSSR count). The molecule has 2 N–H and O–H groups in total. The van der Waals surface area contributed by atoms with Gasteiger partial charge in [0.05, 0.1) is 25.8 Å². The van der Waals surface area contributed by atoms with Crippen LogP contribution in [0.15, 0.2) is 42.5 Å². The molecule has 2 aromatic rings. The summed E-state index contributed by atoms with van der Waals surface area (Å²) in [4.78, 5) is 14.2. The third-order valence-corrected chi connectivity index (χ3v) is 4.89. The SMILES string of the molecule is COc1c(C)cccc1C(=O)Nc1ccc(C[NH+]2CCCCC2)cc1. The van der Waals surface area contributed by atoms with Crippen molar-refractivity contribution in [3.8, 4) is 5.75 Å². The third kappa shape index (κ3) is 4.40. The van der Waals surface area contributed by atoms with E-state index in [9.17, 15) is 4.79 Å². The van der Waals surface area contributed by atoms with Crippen molar-refractivity contribution in [1.29, 1.82) is 0 Å². The van der Waals surface area contributed by atoms with Crippen LogP contribution in [0.5, 0.6) is 5.75 Å². The minimum absolute atomic E-state index is 0.144. The standard InChI is InChI=1S/C21H26N2O2/c1-16-7-6-8-19(20(16)25-2)21(24)22-18-11-9-17(10-12-18)15-23-13-4-3-5-14-23/h6-12H,3-5,13-15H2,1-2H3,(H,22,24)/p+1. The van der Waals surface area contributed by atoms with Crippen molar-refractivity contribution in [3.63, 3.8) is 0 Å². The lowest BCUT2D eigenvalue weighted by Crippen LogP contribution is -3.11. The summed E-state index contributed by atoms with van der Waals surface area (Å²) in [6.07, 6.45) is 4.04. The van der Waals surface area contributed by atoms with Gasteiger partial charge in [-0.15, -0.1) is 0 Å². The molecule has 1 saturated heterocycles. The lowest BCUT2D eigenvalue weighted by molar-refractivity contribution is -0.918. The van der Waals surface area contributed by atoms with E-state index < -0.39 is 0 Å². The summed E-state index contributed by atoms with van der Waals surface area (Å²) in [6.45, 7) is 5.55. The molecule has 0 saturated carbocycles. The average Bonchev–Trinajstić information content (AvgIpc) is 2.64. The summed E-state index contributed by atoms with van der Waals surface area (Å²) in [6, 6.07) is 13.8. The van der Waals surface area contributed by atoms with Gasteiger partial charge in [-0.25, -0.2) is 0 Å². The second-order valence-corrected chi connectivity index (χ2v) is 6.79. The molecule has 0 aromatic heterocycles. The molecule has 132 valence electrons. The van der Waals surface area contributed by atoms with Gasteiger partial charge in [0.2, 0.25) is 0 Å². The van der Waals surface area contributed by atoms with Gasteiger partial charge in [0.25, 0.3) is 5.91 Å². The van der Waals surface area contributed by atoms with Gasteiger partial charge in [0.1, 0.15) is 12.3 Å². The molecule has 2 aromatic carbocycles. The van der Waals surface area contributed by atoms with E-state index >= 15 is 0 Å². The zero-order valence-electron chi connectivity index (χ0n) is 15.1. The maximum Gasteiger partial charge on any atom is 0.259 e. The fourth-order valence-electron chi connectivity index (χ4n) is 3.52. The zero-order valence-corrected chi connectivity index (χ0v) is 15.1. The molecule has 4 heteroatoms. The molecular formula is C21H27N2O2+. The highest BCUT2D eigenvalue weighted by atomic mass is 16.5. The van der Waals surface area contributed by atoms with Gasteiger partial charge in [0.15, 0.2) is 0 Å². The Kier molecular flexibility index (Phi) is 5.71. The van der Waals surface area contributed by atoms with Crippen molar-refractivity contribution in [3.05, 3.63) is 59.2 Å². The van der Waals surface area contributed by atoms with Crippen LogP contribution in [0.2, 0.25) is 0 Å². The van der Waals surface area contributed by atoms with Crippen LogP contribution in [0.3, 0.4) is 0 Å². The van der Waals surface area contributed by atoms with E-state index in [-0.39, 0.29) is 5.91 Å². The summed E-state index contributed by atoms with van der Waals surface area (Å²) < 4.78 is 5.38. The van der Waals surface area contributed by atoms with Crippen molar-refractivity contribution in [2.45, 2.75) is 32.7 Å². The van der Waals surface area contributed by atoms with E-state index in [1.54, 1.807) is 18.1 Å². The third-order valence-electron chi connectivity index (χ3n) is 4.89. The number of hydrogen-bond donors (Lipinski definition) is 2. The maximum absolute atomic E-state index is 12.6. The molecule has 0 radical (unpaired) electrons. The first-order chi connectivity index (χ1) is 12.2. The number of benzene rings is 2. The number of methoxy groups -OCH3 is 1. The molecule has 0 unspecified atom stereocenters. The minimum atomic E-state index is -0.144. The number of anilines is 1. The maximum atomic E-state index is 12.6. The Hall–Kier alpha value is -2.33. The Morgan fingerprint density at radius 3 is 2.48 bits per heavy atom. The summed E-state index contributed by atoms with van der Waals surface area (Å²) in [5.74, 6) is 0.486. The number of piperidine rings is 1. The molecule has 25 heavy (non-hydrogen) atoms. The van der Waals surface area contributed by atoms with E-state index in [4.69, 9.17) is 4.74 Å². The van der Waals surface area contributed by atoms with Crippen LogP contribution in [0.4, 0.5) is 5.69 Å². The summed E-state index contributed by atoms with van der Waals surface area (Å²) in [5, 5.41) is 2.97. The van der Waals surface area contributed by atoms with Crippen molar-refractivity contribution in [2.24, 2.45) is 0 Å². The van der Waals surface area contributed by atoms with E-state index in [1.165, 1.54) is 37.9 Å². The van der Waals surface area contributed by atoms with E-state index in [0.29, 0.717) is 11.3 Å². The smallest absolute Gasteiger partial charge is 0.259 e. The number of nitrogens with one attached hydrogen (secondary N) is 2. The number of aryl methyl sites for hydroxylation is 1. The van der Waals surface area contributed by atoms with Crippen LogP contribution >= 0.6 is 0 Å².